The van der Waals surface area contributed by atoms with E-state index in [9.17, 15) is 4.79 Å². The Bertz CT molecular complexity index is 913. The Balaban J connectivity index is 1.44. The Morgan fingerprint density at radius 2 is 1.82 bits per heavy atom. The van der Waals surface area contributed by atoms with Crippen LogP contribution in [0.4, 0.5) is 0 Å². The molecular weight excluding hydrogens is 350 g/mol. The molecule has 28 heavy (non-hydrogen) atoms. The van der Waals surface area contributed by atoms with Gasteiger partial charge in [0.1, 0.15) is 0 Å². The van der Waals surface area contributed by atoms with Crippen molar-refractivity contribution in [3.05, 3.63) is 77.5 Å². The van der Waals surface area contributed by atoms with Crippen LogP contribution < -0.4 is 5.32 Å². The molecule has 1 aliphatic rings. The molecule has 144 valence electrons. The van der Waals surface area contributed by atoms with Gasteiger partial charge in [0.2, 0.25) is 0 Å². The number of nitrogens with one attached hydrogen (secondary N) is 1. The lowest BCUT2D eigenvalue weighted by molar-refractivity contribution is 0.0929. The van der Waals surface area contributed by atoms with Gasteiger partial charge in [-0.15, -0.1) is 0 Å². The van der Waals surface area contributed by atoms with Crippen LogP contribution in [0.15, 0.2) is 65.2 Å². The van der Waals surface area contributed by atoms with Gasteiger partial charge in [-0.25, -0.2) is 0 Å². The molecule has 0 bridgehead atoms. The number of amides is 1. The van der Waals surface area contributed by atoms with E-state index in [4.69, 9.17) is 4.52 Å². The van der Waals surface area contributed by atoms with Crippen molar-refractivity contribution in [1.29, 1.82) is 0 Å². The second kappa shape index (κ2) is 8.40. The summed E-state index contributed by atoms with van der Waals surface area (Å²) in [4.78, 5) is 15.1. The third-order valence-corrected chi connectivity index (χ3v) is 5.30. The second-order valence-electron chi connectivity index (χ2n) is 7.32. The van der Waals surface area contributed by atoms with Gasteiger partial charge in [0.05, 0.1) is 6.04 Å². The van der Waals surface area contributed by atoms with Gasteiger partial charge in [-0.1, -0.05) is 65.3 Å². The first-order valence-electron chi connectivity index (χ1n) is 9.81. The molecule has 1 atom stereocenters. The van der Waals surface area contributed by atoms with E-state index in [1.165, 1.54) is 24.0 Å². The number of likely N-dealkylation sites (tertiary alicyclic amines) is 1. The summed E-state index contributed by atoms with van der Waals surface area (Å²) < 4.78 is 5.38. The van der Waals surface area contributed by atoms with Crippen molar-refractivity contribution in [3.8, 4) is 11.3 Å². The molecule has 1 saturated heterocycles. The molecule has 5 heteroatoms. The molecule has 0 saturated carbocycles. The fourth-order valence-corrected chi connectivity index (χ4v) is 3.70. The summed E-state index contributed by atoms with van der Waals surface area (Å²) in [6.07, 6.45) is 2.42. The van der Waals surface area contributed by atoms with E-state index in [1.54, 1.807) is 6.07 Å². The third kappa shape index (κ3) is 4.15. The molecule has 0 unspecified atom stereocenters. The zero-order valence-electron chi connectivity index (χ0n) is 16.1. The van der Waals surface area contributed by atoms with Gasteiger partial charge in [-0.3, -0.25) is 9.69 Å². The van der Waals surface area contributed by atoms with Crippen molar-refractivity contribution in [2.24, 2.45) is 0 Å². The lowest BCUT2D eigenvalue weighted by Gasteiger charge is -2.28. The summed E-state index contributed by atoms with van der Waals surface area (Å²) in [5.74, 6) is 0.395. The molecular formula is C23H25N3O2. The van der Waals surface area contributed by atoms with Crippen LogP contribution in [-0.4, -0.2) is 35.6 Å². The first-order chi connectivity index (χ1) is 13.7. The van der Waals surface area contributed by atoms with Crippen LogP contribution in [0, 0.1) is 6.92 Å². The fraction of sp³-hybridized carbons (Fsp3) is 0.304. The van der Waals surface area contributed by atoms with Gasteiger partial charge in [0.25, 0.3) is 5.91 Å². The third-order valence-electron chi connectivity index (χ3n) is 5.30. The summed E-state index contributed by atoms with van der Waals surface area (Å²) in [7, 11) is 0. The minimum absolute atomic E-state index is 0.177. The molecule has 1 aliphatic heterocycles. The molecule has 1 amide bonds. The van der Waals surface area contributed by atoms with E-state index >= 15 is 0 Å². The van der Waals surface area contributed by atoms with Crippen LogP contribution in [0.5, 0.6) is 0 Å². The molecule has 4 rings (SSSR count). The predicted molar refractivity (Wildman–Crippen MR) is 109 cm³/mol. The van der Waals surface area contributed by atoms with Crippen molar-refractivity contribution in [3.63, 3.8) is 0 Å². The van der Waals surface area contributed by atoms with Crippen LogP contribution in [0.1, 0.15) is 40.5 Å². The van der Waals surface area contributed by atoms with Crippen molar-refractivity contribution >= 4 is 5.91 Å². The van der Waals surface area contributed by atoms with Crippen LogP contribution in [0.3, 0.4) is 0 Å². The van der Waals surface area contributed by atoms with Gasteiger partial charge in [-0.2, -0.15) is 0 Å². The Morgan fingerprint density at radius 1 is 1.11 bits per heavy atom. The van der Waals surface area contributed by atoms with Gasteiger partial charge in [0, 0.05) is 18.2 Å². The molecule has 5 nitrogen and oxygen atoms in total. The van der Waals surface area contributed by atoms with E-state index in [1.807, 2.05) is 49.4 Å². The zero-order chi connectivity index (χ0) is 19.3. The molecule has 0 spiro atoms. The van der Waals surface area contributed by atoms with Crippen LogP contribution in [0.25, 0.3) is 11.3 Å². The highest BCUT2D eigenvalue weighted by atomic mass is 16.5. The Kier molecular flexibility index (Phi) is 5.53. The number of carbonyl (C=O) groups is 1. The Hall–Kier alpha value is -2.92. The average molecular weight is 375 g/mol. The van der Waals surface area contributed by atoms with E-state index in [2.05, 4.69) is 27.5 Å². The average Bonchev–Trinajstić information content (AvgIpc) is 3.42. The molecule has 1 fully saturated rings. The Morgan fingerprint density at radius 3 is 2.54 bits per heavy atom. The van der Waals surface area contributed by atoms with E-state index < -0.39 is 0 Å². The van der Waals surface area contributed by atoms with Crippen LogP contribution in [-0.2, 0) is 0 Å². The zero-order valence-corrected chi connectivity index (χ0v) is 16.1. The van der Waals surface area contributed by atoms with Crippen LogP contribution >= 0.6 is 0 Å². The van der Waals surface area contributed by atoms with Crippen molar-refractivity contribution in [2.75, 3.05) is 19.6 Å². The summed E-state index contributed by atoms with van der Waals surface area (Å²) in [6, 6.07) is 20.2. The monoisotopic (exact) mass is 375 g/mol. The van der Waals surface area contributed by atoms with Crippen molar-refractivity contribution in [1.82, 2.24) is 15.4 Å². The minimum atomic E-state index is -0.206. The number of hydrogen-bond acceptors (Lipinski definition) is 4. The summed E-state index contributed by atoms with van der Waals surface area (Å²) in [6.45, 7) is 4.72. The molecule has 0 aliphatic carbocycles. The van der Waals surface area contributed by atoms with E-state index in [0.717, 1.165) is 18.7 Å². The highest BCUT2D eigenvalue weighted by Crippen LogP contribution is 2.25. The quantitative estimate of drug-likeness (QED) is 0.701. The standard InChI is InChI=1S/C23H25N3O2/c1-17-9-11-19(12-10-17)22-15-20(25-28-22)23(27)24-16-21(26-13-5-6-14-26)18-7-3-2-4-8-18/h2-4,7-12,15,21H,5-6,13-14,16H2,1H3,(H,24,27)/t21-/m0/s1. The Labute approximate surface area is 165 Å². The van der Waals surface area contributed by atoms with Crippen molar-refractivity contribution < 1.29 is 9.32 Å². The highest BCUT2D eigenvalue weighted by Gasteiger charge is 2.24. The van der Waals surface area contributed by atoms with Gasteiger partial charge >= 0.3 is 0 Å². The fourth-order valence-electron chi connectivity index (χ4n) is 3.70. The maximum absolute atomic E-state index is 12.6. The van der Waals surface area contributed by atoms with Crippen LogP contribution in [0.2, 0.25) is 0 Å². The largest absolute Gasteiger partial charge is 0.355 e. The van der Waals surface area contributed by atoms with Gasteiger partial charge in [-0.05, 0) is 38.4 Å². The topological polar surface area (TPSA) is 58.4 Å². The number of aryl methyl sites for hydroxylation is 1. The minimum Gasteiger partial charge on any atom is -0.355 e. The highest BCUT2D eigenvalue weighted by molar-refractivity contribution is 5.93. The summed E-state index contributed by atoms with van der Waals surface area (Å²) in [5, 5.41) is 7.01. The normalized spacial score (nSPS) is 15.5. The maximum atomic E-state index is 12.6. The molecule has 1 N–H and O–H groups in total. The predicted octanol–water partition coefficient (Wildman–Crippen LogP) is 4.22. The number of aromatic nitrogens is 1. The summed E-state index contributed by atoms with van der Waals surface area (Å²) >= 11 is 0. The smallest absolute Gasteiger partial charge is 0.273 e. The first kappa shape index (κ1) is 18.4. The number of hydrogen-bond donors (Lipinski definition) is 1. The molecule has 1 aromatic heterocycles. The number of rotatable bonds is 6. The number of carbonyl (C=O) groups excluding carboxylic acids is 1. The maximum Gasteiger partial charge on any atom is 0.273 e. The van der Waals surface area contributed by atoms with Gasteiger partial charge < -0.3 is 9.84 Å². The molecule has 3 aromatic rings. The molecule has 0 radical (unpaired) electrons. The SMILES string of the molecule is Cc1ccc(-c2cc(C(=O)NC[C@@H](c3ccccc3)N3CCCC3)no2)cc1. The molecule has 2 heterocycles. The van der Waals surface area contributed by atoms with Gasteiger partial charge in [0.15, 0.2) is 11.5 Å². The van der Waals surface area contributed by atoms with E-state index in [0.29, 0.717) is 18.0 Å². The first-order valence-corrected chi connectivity index (χ1v) is 9.81. The second-order valence-corrected chi connectivity index (χ2v) is 7.32. The molecule has 2 aromatic carbocycles. The lowest BCUT2D eigenvalue weighted by atomic mass is 10.1. The van der Waals surface area contributed by atoms with E-state index in [-0.39, 0.29) is 11.9 Å². The van der Waals surface area contributed by atoms with Crippen molar-refractivity contribution in [2.45, 2.75) is 25.8 Å². The number of nitrogens with zero attached hydrogens (tertiary/aromatic N) is 2. The lowest BCUT2D eigenvalue weighted by Crippen LogP contribution is -2.36. The number of benzene rings is 2. The summed E-state index contributed by atoms with van der Waals surface area (Å²) in [5.41, 5.74) is 3.63.